The molecule has 1 fully saturated rings. The lowest BCUT2D eigenvalue weighted by Gasteiger charge is -2.35. The molecule has 0 amide bonds. The average molecular weight is 248 g/mol. The predicted molar refractivity (Wildman–Crippen MR) is 74.8 cm³/mol. The van der Waals surface area contributed by atoms with Gasteiger partial charge in [0.1, 0.15) is 0 Å². The van der Waals surface area contributed by atoms with Gasteiger partial charge in [-0.3, -0.25) is 4.90 Å². The van der Waals surface area contributed by atoms with Crippen LogP contribution in [0.15, 0.2) is 24.3 Å². The van der Waals surface area contributed by atoms with Crippen molar-refractivity contribution in [3.8, 4) is 0 Å². The number of ether oxygens (including phenoxy) is 1. The molecule has 100 valence electrons. The van der Waals surface area contributed by atoms with Crippen LogP contribution in [0.4, 0.5) is 0 Å². The van der Waals surface area contributed by atoms with E-state index in [9.17, 15) is 0 Å². The number of rotatable bonds is 5. The molecule has 1 unspecified atom stereocenters. The Balaban J connectivity index is 1.96. The van der Waals surface area contributed by atoms with Gasteiger partial charge in [0.05, 0.1) is 13.2 Å². The summed E-state index contributed by atoms with van der Waals surface area (Å²) in [5, 5.41) is 3.25. The van der Waals surface area contributed by atoms with E-state index in [4.69, 9.17) is 4.74 Å². The summed E-state index contributed by atoms with van der Waals surface area (Å²) in [6.07, 6.45) is 1.11. The van der Waals surface area contributed by atoms with Gasteiger partial charge < -0.3 is 10.1 Å². The van der Waals surface area contributed by atoms with Gasteiger partial charge in [-0.2, -0.15) is 0 Å². The molecule has 1 aromatic rings. The summed E-state index contributed by atoms with van der Waals surface area (Å²) in [7, 11) is 2.00. The van der Waals surface area contributed by atoms with Crippen molar-refractivity contribution in [3.63, 3.8) is 0 Å². The first-order valence-electron chi connectivity index (χ1n) is 6.87. The summed E-state index contributed by atoms with van der Waals surface area (Å²) >= 11 is 0. The number of aryl methyl sites for hydroxylation is 1. The number of likely N-dealkylation sites (N-methyl/N-ethyl adjacent to an activating group) is 1. The van der Waals surface area contributed by atoms with Gasteiger partial charge in [-0.05, 0) is 24.6 Å². The van der Waals surface area contributed by atoms with Crippen molar-refractivity contribution >= 4 is 0 Å². The molecule has 1 aromatic carbocycles. The molecule has 1 N–H and O–H groups in total. The second-order valence-corrected chi connectivity index (χ2v) is 4.93. The Morgan fingerprint density at radius 1 is 1.28 bits per heavy atom. The maximum atomic E-state index is 5.56. The van der Waals surface area contributed by atoms with Crippen LogP contribution in [-0.4, -0.2) is 44.3 Å². The summed E-state index contributed by atoms with van der Waals surface area (Å²) in [6.45, 7) is 6.94. The molecule has 3 nitrogen and oxygen atoms in total. The minimum absolute atomic E-state index is 0.495. The predicted octanol–water partition coefficient (Wildman–Crippen LogP) is 1.67. The molecule has 1 atom stereocenters. The van der Waals surface area contributed by atoms with E-state index in [2.05, 4.69) is 41.4 Å². The standard InChI is InChI=1S/C15H24N2O/c1-3-13-4-6-14(7-5-13)11-17-8-9-18-12-15(17)10-16-2/h4-7,15-16H,3,8-12H2,1-2H3. The summed E-state index contributed by atoms with van der Waals surface area (Å²) in [4.78, 5) is 2.51. The number of nitrogens with one attached hydrogen (secondary N) is 1. The van der Waals surface area contributed by atoms with Crippen LogP contribution in [0, 0.1) is 0 Å². The van der Waals surface area contributed by atoms with E-state index >= 15 is 0 Å². The molecule has 0 bridgehead atoms. The molecular formula is C15H24N2O. The van der Waals surface area contributed by atoms with E-state index in [0.29, 0.717) is 6.04 Å². The number of benzene rings is 1. The first-order valence-corrected chi connectivity index (χ1v) is 6.87. The van der Waals surface area contributed by atoms with Crippen molar-refractivity contribution in [1.82, 2.24) is 10.2 Å². The van der Waals surface area contributed by atoms with Gasteiger partial charge in [0.2, 0.25) is 0 Å². The van der Waals surface area contributed by atoms with E-state index in [-0.39, 0.29) is 0 Å². The zero-order valence-corrected chi connectivity index (χ0v) is 11.5. The molecule has 0 saturated carbocycles. The van der Waals surface area contributed by atoms with Crippen LogP contribution in [0.5, 0.6) is 0 Å². The number of hydrogen-bond acceptors (Lipinski definition) is 3. The quantitative estimate of drug-likeness (QED) is 0.858. The molecule has 18 heavy (non-hydrogen) atoms. The Bertz CT molecular complexity index is 348. The van der Waals surface area contributed by atoms with Crippen LogP contribution in [-0.2, 0) is 17.7 Å². The maximum Gasteiger partial charge on any atom is 0.0635 e. The Morgan fingerprint density at radius 3 is 2.67 bits per heavy atom. The van der Waals surface area contributed by atoms with Crippen LogP contribution < -0.4 is 5.32 Å². The second kappa shape index (κ2) is 6.88. The molecule has 0 radical (unpaired) electrons. The van der Waals surface area contributed by atoms with Gasteiger partial charge in [0.15, 0.2) is 0 Å². The molecule has 1 aliphatic rings. The molecule has 0 aromatic heterocycles. The Hall–Kier alpha value is -0.900. The Kier molecular flexibility index (Phi) is 5.17. The van der Waals surface area contributed by atoms with Gasteiger partial charge in [-0.25, -0.2) is 0 Å². The van der Waals surface area contributed by atoms with E-state index < -0.39 is 0 Å². The van der Waals surface area contributed by atoms with E-state index in [1.807, 2.05) is 7.05 Å². The van der Waals surface area contributed by atoms with Crippen LogP contribution in [0.3, 0.4) is 0 Å². The zero-order valence-electron chi connectivity index (χ0n) is 11.5. The van der Waals surface area contributed by atoms with E-state index in [1.165, 1.54) is 11.1 Å². The molecule has 0 aliphatic carbocycles. The first kappa shape index (κ1) is 13.5. The molecule has 1 heterocycles. The summed E-state index contributed by atoms with van der Waals surface area (Å²) < 4.78 is 5.56. The van der Waals surface area contributed by atoms with Gasteiger partial charge in [0.25, 0.3) is 0 Å². The number of nitrogens with zero attached hydrogens (tertiary/aromatic N) is 1. The van der Waals surface area contributed by atoms with Crippen LogP contribution >= 0.6 is 0 Å². The Morgan fingerprint density at radius 2 is 2.00 bits per heavy atom. The van der Waals surface area contributed by atoms with Crippen molar-refractivity contribution < 1.29 is 4.74 Å². The fourth-order valence-corrected chi connectivity index (χ4v) is 2.44. The van der Waals surface area contributed by atoms with Crippen molar-refractivity contribution in [2.45, 2.75) is 25.9 Å². The third kappa shape index (κ3) is 3.55. The molecular weight excluding hydrogens is 224 g/mol. The first-order chi connectivity index (χ1) is 8.83. The van der Waals surface area contributed by atoms with Gasteiger partial charge in [-0.1, -0.05) is 31.2 Å². The lowest BCUT2D eigenvalue weighted by molar-refractivity contribution is -0.0103. The minimum atomic E-state index is 0.495. The van der Waals surface area contributed by atoms with Crippen molar-refractivity contribution in [2.75, 3.05) is 33.4 Å². The summed E-state index contributed by atoms with van der Waals surface area (Å²) in [5.74, 6) is 0. The van der Waals surface area contributed by atoms with Gasteiger partial charge >= 0.3 is 0 Å². The topological polar surface area (TPSA) is 24.5 Å². The third-order valence-electron chi connectivity index (χ3n) is 3.61. The van der Waals surface area contributed by atoms with Crippen molar-refractivity contribution in [1.29, 1.82) is 0 Å². The normalized spacial score (nSPS) is 21.1. The number of hydrogen-bond donors (Lipinski definition) is 1. The van der Waals surface area contributed by atoms with Gasteiger partial charge in [-0.15, -0.1) is 0 Å². The average Bonchev–Trinajstić information content (AvgIpc) is 2.42. The molecule has 1 aliphatic heterocycles. The maximum absolute atomic E-state index is 5.56. The highest BCUT2D eigenvalue weighted by molar-refractivity contribution is 5.22. The molecule has 1 saturated heterocycles. The fourth-order valence-electron chi connectivity index (χ4n) is 2.44. The number of morpholine rings is 1. The lowest BCUT2D eigenvalue weighted by Crippen LogP contribution is -2.49. The van der Waals surface area contributed by atoms with Crippen molar-refractivity contribution in [2.24, 2.45) is 0 Å². The monoisotopic (exact) mass is 248 g/mol. The van der Waals surface area contributed by atoms with Crippen LogP contribution in [0.1, 0.15) is 18.1 Å². The molecule has 3 heteroatoms. The van der Waals surface area contributed by atoms with Crippen molar-refractivity contribution in [3.05, 3.63) is 35.4 Å². The van der Waals surface area contributed by atoms with E-state index in [1.54, 1.807) is 0 Å². The Labute approximate surface area is 110 Å². The molecule has 2 rings (SSSR count). The van der Waals surface area contributed by atoms with Crippen LogP contribution in [0.2, 0.25) is 0 Å². The SMILES string of the molecule is CCc1ccc(CN2CCOCC2CNC)cc1. The summed E-state index contributed by atoms with van der Waals surface area (Å²) in [5.41, 5.74) is 2.81. The smallest absolute Gasteiger partial charge is 0.0635 e. The van der Waals surface area contributed by atoms with Crippen LogP contribution in [0.25, 0.3) is 0 Å². The molecule has 0 spiro atoms. The zero-order chi connectivity index (χ0) is 12.8. The fraction of sp³-hybridized carbons (Fsp3) is 0.600. The highest BCUT2D eigenvalue weighted by Gasteiger charge is 2.22. The second-order valence-electron chi connectivity index (χ2n) is 4.93. The minimum Gasteiger partial charge on any atom is -0.378 e. The highest BCUT2D eigenvalue weighted by Crippen LogP contribution is 2.13. The highest BCUT2D eigenvalue weighted by atomic mass is 16.5. The lowest BCUT2D eigenvalue weighted by atomic mass is 10.1. The summed E-state index contributed by atoms with van der Waals surface area (Å²) in [6, 6.07) is 9.48. The van der Waals surface area contributed by atoms with Gasteiger partial charge in [0, 0.05) is 25.7 Å². The largest absolute Gasteiger partial charge is 0.378 e. The third-order valence-corrected chi connectivity index (χ3v) is 3.61. The van der Waals surface area contributed by atoms with E-state index in [0.717, 1.165) is 39.3 Å².